The van der Waals surface area contributed by atoms with E-state index in [1.807, 2.05) is 18.2 Å². The molecule has 0 N–H and O–H groups in total. The maximum atomic E-state index is 5.57. The second-order valence-electron chi connectivity index (χ2n) is 2.16. The highest BCUT2D eigenvalue weighted by Crippen LogP contribution is 2.04. The first-order chi connectivity index (χ1) is 5.83. The molecule has 0 saturated heterocycles. The molecule has 0 amide bonds. The van der Waals surface area contributed by atoms with Gasteiger partial charge in [0.1, 0.15) is 0 Å². The third-order valence-electron chi connectivity index (χ3n) is 1.22. The second-order valence-corrected chi connectivity index (χ2v) is 3.34. The van der Waals surface area contributed by atoms with Gasteiger partial charge in [-0.3, -0.25) is 0 Å². The lowest BCUT2D eigenvalue weighted by molar-refractivity contribution is 1.02. The smallest absolute Gasteiger partial charge is 0.150 e. The van der Waals surface area contributed by atoms with Crippen molar-refractivity contribution in [3.8, 4) is 0 Å². The maximum absolute atomic E-state index is 5.57. The van der Waals surface area contributed by atoms with Gasteiger partial charge in [-0.15, -0.1) is 10.2 Å². The summed E-state index contributed by atoms with van der Waals surface area (Å²) in [5, 5.41) is 8.96. The Hall–Kier alpha value is -0.410. The fourth-order valence-electron chi connectivity index (χ4n) is 0.682. The SMILES string of the molecule is Clc1ccc(C=CCCBr)nn1. The average molecular weight is 248 g/mol. The molecule has 0 saturated carbocycles. The van der Waals surface area contributed by atoms with Gasteiger partial charge >= 0.3 is 0 Å². The number of aromatic nitrogens is 2. The first-order valence-electron chi connectivity index (χ1n) is 3.54. The van der Waals surface area contributed by atoms with Crippen LogP contribution in [0.1, 0.15) is 12.1 Å². The third-order valence-corrected chi connectivity index (χ3v) is 1.88. The van der Waals surface area contributed by atoms with Gasteiger partial charge in [0, 0.05) is 5.33 Å². The molecule has 0 radical (unpaired) electrons. The highest BCUT2D eigenvalue weighted by atomic mass is 79.9. The van der Waals surface area contributed by atoms with Crippen LogP contribution in [-0.2, 0) is 0 Å². The molecule has 0 spiro atoms. The maximum Gasteiger partial charge on any atom is 0.151 e. The summed E-state index contributed by atoms with van der Waals surface area (Å²) in [7, 11) is 0. The predicted octanol–water partition coefficient (Wildman–Crippen LogP) is 2.93. The van der Waals surface area contributed by atoms with E-state index in [0.29, 0.717) is 5.15 Å². The lowest BCUT2D eigenvalue weighted by Gasteiger charge is -1.90. The number of nitrogens with zero attached hydrogens (tertiary/aromatic N) is 2. The molecule has 1 aromatic rings. The lowest BCUT2D eigenvalue weighted by Crippen LogP contribution is -1.84. The highest BCUT2D eigenvalue weighted by Gasteiger charge is 1.89. The van der Waals surface area contributed by atoms with Crippen molar-refractivity contribution in [2.75, 3.05) is 5.33 Å². The van der Waals surface area contributed by atoms with E-state index in [0.717, 1.165) is 17.4 Å². The van der Waals surface area contributed by atoms with Crippen LogP contribution in [0.15, 0.2) is 18.2 Å². The Morgan fingerprint density at radius 3 is 2.83 bits per heavy atom. The molecule has 0 atom stereocenters. The quantitative estimate of drug-likeness (QED) is 0.768. The van der Waals surface area contributed by atoms with Crippen LogP contribution in [0.3, 0.4) is 0 Å². The van der Waals surface area contributed by atoms with Gasteiger partial charge in [0.25, 0.3) is 0 Å². The van der Waals surface area contributed by atoms with Crippen molar-refractivity contribution < 1.29 is 0 Å². The van der Waals surface area contributed by atoms with Crippen molar-refractivity contribution in [1.29, 1.82) is 0 Å². The van der Waals surface area contributed by atoms with Crippen LogP contribution in [-0.4, -0.2) is 15.5 Å². The molecule has 1 aromatic heterocycles. The van der Waals surface area contributed by atoms with Crippen LogP contribution in [0.25, 0.3) is 6.08 Å². The predicted molar refractivity (Wildman–Crippen MR) is 54.5 cm³/mol. The Labute approximate surface area is 84.8 Å². The molecule has 1 rings (SSSR count). The summed E-state index contributed by atoms with van der Waals surface area (Å²) >= 11 is 8.89. The zero-order valence-electron chi connectivity index (χ0n) is 6.37. The van der Waals surface area contributed by atoms with Crippen molar-refractivity contribution in [1.82, 2.24) is 10.2 Å². The summed E-state index contributed by atoms with van der Waals surface area (Å²) in [5.41, 5.74) is 0.834. The standard InChI is InChI=1S/C8H8BrClN2/c9-6-2-1-3-7-4-5-8(10)12-11-7/h1,3-5H,2,6H2. The third kappa shape index (κ3) is 3.32. The molecule has 0 aliphatic rings. The fourth-order valence-corrected chi connectivity index (χ4v) is 1.05. The Bertz CT molecular complexity index is 258. The van der Waals surface area contributed by atoms with Crippen molar-refractivity contribution in [3.63, 3.8) is 0 Å². The van der Waals surface area contributed by atoms with Crippen molar-refractivity contribution in [2.24, 2.45) is 0 Å². The molecule has 0 fully saturated rings. The molecule has 0 aromatic carbocycles. The van der Waals surface area contributed by atoms with Crippen LogP contribution in [0.5, 0.6) is 0 Å². The average Bonchev–Trinajstić information content (AvgIpc) is 2.09. The largest absolute Gasteiger partial charge is 0.151 e. The monoisotopic (exact) mass is 246 g/mol. The van der Waals surface area contributed by atoms with Gasteiger partial charge in [0.05, 0.1) is 5.69 Å². The Morgan fingerprint density at radius 2 is 2.25 bits per heavy atom. The zero-order valence-corrected chi connectivity index (χ0v) is 8.72. The van der Waals surface area contributed by atoms with Gasteiger partial charge in [-0.25, -0.2) is 0 Å². The van der Waals surface area contributed by atoms with E-state index in [1.54, 1.807) is 6.07 Å². The number of halogens is 2. The molecule has 1 heterocycles. The van der Waals surface area contributed by atoms with Crippen LogP contribution in [0.4, 0.5) is 0 Å². The van der Waals surface area contributed by atoms with Crippen LogP contribution >= 0.6 is 27.5 Å². The zero-order chi connectivity index (χ0) is 8.81. The van der Waals surface area contributed by atoms with Crippen molar-refractivity contribution in [2.45, 2.75) is 6.42 Å². The fraction of sp³-hybridized carbons (Fsp3) is 0.250. The van der Waals surface area contributed by atoms with E-state index in [4.69, 9.17) is 11.6 Å². The second kappa shape index (κ2) is 5.27. The normalized spacial score (nSPS) is 10.8. The summed E-state index contributed by atoms with van der Waals surface area (Å²) in [4.78, 5) is 0. The van der Waals surface area contributed by atoms with Gasteiger partial charge in [-0.1, -0.05) is 33.6 Å². The van der Waals surface area contributed by atoms with Crippen LogP contribution < -0.4 is 0 Å². The minimum Gasteiger partial charge on any atom is -0.150 e. The Kier molecular flexibility index (Phi) is 4.25. The van der Waals surface area contributed by atoms with Gasteiger partial charge in [0.2, 0.25) is 0 Å². The summed E-state index contributed by atoms with van der Waals surface area (Å²) in [6, 6.07) is 3.56. The summed E-state index contributed by atoms with van der Waals surface area (Å²) < 4.78 is 0. The van der Waals surface area contributed by atoms with E-state index in [2.05, 4.69) is 26.1 Å². The molecular weight excluding hydrogens is 239 g/mol. The van der Waals surface area contributed by atoms with Crippen LogP contribution in [0.2, 0.25) is 5.15 Å². The first-order valence-corrected chi connectivity index (χ1v) is 5.04. The van der Waals surface area contributed by atoms with E-state index in [9.17, 15) is 0 Å². The molecular formula is C8H8BrClN2. The molecule has 2 nitrogen and oxygen atoms in total. The number of rotatable bonds is 3. The number of allylic oxidation sites excluding steroid dienone is 1. The number of hydrogen-bond acceptors (Lipinski definition) is 2. The van der Waals surface area contributed by atoms with Gasteiger partial charge in [-0.05, 0) is 24.6 Å². The minimum atomic E-state index is 0.424. The van der Waals surface area contributed by atoms with Gasteiger partial charge in [-0.2, -0.15) is 0 Å². The molecule has 4 heteroatoms. The van der Waals surface area contributed by atoms with E-state index in [-0.39, 0.29) is 0 Å². The molecule has 0 bridgehead atoms. The summed E-state index contributed by atoms with van der Waals surface area (Å²) in [5.74, 6) is 0. The van der Waals surface area contributed by atoms with E-state index in [1.165, 1.54) is 0 Å². The molecule has 0 unspecified atom stereocenters. The molecule has 12 heavy (non-hydrogen) atoms. The van der Waals surface area contributed by atoms with E-state index >= 15 is 0 Å². The lowest BCUT2D eigenvalue weighted by atomic mass is 10.3. The van der Waals surface area contributed by atoms with Gasteiger partial charge < -0.3 is 0 Å². The number of hydrogen-bond donors (Lipinski definition) is 0. The Morgan fingerprint density at radius 1 is 1.42 bits per heavy atom. The Balaban J connectivity index is 2.58. The topological polar surface area (TPSA) is 25.8 Å². The minimum absolute atomic E-state index is 0.424. The summed E-state index contributed by atoms with van der Waals surface area (Å²) in [6.45, 7) is 0. The van der Waals surface area contributed by atoms with Crippen LogP contribution in [0, 0.1) is 0 Å². The highest BCUT2D eigenvalue weighted by molar-refractivity contribution is 9.09. The molecule has 0 aliphatic carbocycles. The summed E-state index contributed by atoms with van der Waals surface area (Å²) in [6.07, 6.45) is 4.95. The molecule has 64 valence electrons. The van der Waals surface area contributed by atoms with Gasteiger partial charge in [0.15, 0.2) is 5.15 Å². The number of alkyl halides is 1. The molecule has 0 aliphatic heterocycles. The van der Waals surface area contributed by atoms with Crippen molar-refractivity contribution in [3.05, 3.63) is 29.1 Å². The van der Waals surface area contributed by atoms with Crippen molar-refractivity contribution >= 4 is 33.6 Å². The van der Waals surface area contributed by atoms with E-state index < -0.39 is 0 Å². The first kappa shape index (κ1) is 9.68.